The van der Waals surface area contributed by atoms with Crippen molar-refractivity contribution in [1.29, 1.82) is 0 Å². The molecular formula is C13H18N2O4. The molecule has 1 aromatic rings. The third-order valence-corrected chi connectivity index (χ3v) is 3.71. The quantitative estimate of drug-likeness (QED) is 0.843. The summed E-state index contributed by atoms with van der Waals surface area (Å²) < 4.78 is 5.00. The van der Waals surface area contributed by atoms with E-state index >= 15 is 0 Å². The summed E-state index contributed by atoms with van der Waals surface area (Å²) in [6.45, 7) is 5.07. The second kappa shape index (κ2) is 4.68. The maximum Gasteiger partial charge on any atom is 0.329 e. The Balaban J connectivity index is 2.25. The van der Waals surface area contributed by atoms with E-state index in [1.165, 1.54) is 0 Å². The maximum atomic E-state index is 12.3. The van der Waals surface area contributed by atoms with Crippen LogP contribution in [0.5, 0.6) is 0 Å². The van der Waals surface area contributed by atoms with Crippen molar-refractivity contribution in [2.24, 2.45) is 5.92 Å². The van der Waals surface area contributed by atoms with Crippen LogP contribution in [-0.2, 0) is 11.2 Å². The van der Waals surface area contributed by atoms with Gasteiger partial charge in [-0.05, 0) is 39.0 Å². The zero-order valence-electron chi connectivity index (χ0n) is 11.3. The first-order chi connectivity index (χ1) is 8.90. The zero-order chi connectivity index (χ0) is 14.2. The van der Waals surface area contributed by atoms with Gasteiger partial charge in [0.15, 0.2) is 0 Å². The van der Waals surface area contributed by atoms with Crippen molar-refractivity contribution >= 4 is 11.9 Å². The lowest BCUT2D eigenvalue weighted by Crippen LogP contribution is -2.54. The number of hydrogen-bond acceptors (Lipinski definition) is 4. The largest absolute Gasteiger partial charge is 0.480 e. The molecule has 19 heavy (non-hydrogen) atoms. The molecule has 6 nitrogen and oxygen atoms in total. The van der Waals surface area contributed by atoms with Crippen molar-refractivity contribution in [3.63, 3.8) is 0 Å². The van der Waals surface area contributed by atoms with Crippen LogP contribution in [0, 0.1) is 12.8 Å². The summed E-state index contributed by atoms with van der Waals surface area (Å²) in [4.78, 5) is 23.7. The molecule has 1 unspecified atom stereocenters. The number of aryl methyl sites for hydroxylation is 2. The van der Waals surface area contributed by atoms with Crippen LogP contribution in [0.25, 0.3) is 0 Å². The number of nitrogens with zero attached hydrogens (tertiary/aromatic N) is 1. The molecule has 1 heterocycles. The molecule has 1 atom stereocenters. The van der Waals surface area contributed by atoms with Crippen molar-refractivity contribution in [2.45, 2.75) is 45.6 Å². The van der Waals surface area contributed by atoms with Gasteiger partial charge in [-0.3, -0.25) is 4.79 Å². The van der Waals surface area contributed by atoms with Crippen LogP contribution >= 0.6 is 0 Å². The smallest absolute Gasteiger partial charge is 0.329 e. The SMILES string of the molecule is CCc1noc(C)c1C(=O)NC(C)(C(=O)O)C1CC1. The second-order valence-electron chi connectivity index (χ2n) is 5.15. The predicted molar refractivity (Wildman–Crippen MR) is 66.8 cm³/mol. The van der Waals surface area contributed by atoms with Crippen LogP contribution in [0.4, 0.5) is 0 Å². The van der Waals surface area contributed by atoms with E-state index < -0.39 is 17.4 Å². The third-order valence-electron chi connectivity index (χ3n) is 3.71. The van der Waals surface area contributed by atoms with Gasteiger partial charge in [-0.2, -0.15) is 0 Å². The molecule has 1 fully saturated rings. The fourth-order valence-electron chi connectivity index (χ4n) is 2.24. The van der Waals surface area contributed by atoms with Gasteiger partial charge in [-0.15, -0.1) is 0 Å². The Labute approximate surface area is 111 Å². The lowest BCUT2D eigenvalue weighted by molar-refractivity contribution is -0.144. The average Bonchev–Trinajstić information content (AvgIpc) is 3.12. The summed E-state index contributed by atoms with van der Waals surface area (Å²) in [5.41, 5.74) is -0.305. The first kappa shape index (κ1) is 13.6. The number of aliphatic carboxylic acids is 1. The number of carbonyl (C=O) groups excluding carboxylic acids is 1. The van der Waals surface area contributed by atoms with Gasteiger partial charge < -0.3 is 14.9 Å². The molecular weight excluding hydrogens is 248 g/mol. The zero-order valence-corrected chi connectivity index (χ0v) is 11.3. The first-order valence-electron chi connectivity index (χ1n) is 6.41. The summed E-state index contributed by atoms with van der Waals surface area (Å²) >= 11 is 0. The standard InChI is InChI=1S/C13H18N2O4/c1-4-9-10(7(2)19-15-9)11(16)14-13(3,12(17)18)8-5-6-8/h8H,4-6H2,1-3H3,(H,14,16)(H,17,18). The van der Waals surface area contributed by atoms with E-state index in [0.717, 1.165) is 12.8 Å². The Hall–Kier alpha value is -1.85. The monoisotopic (exact) mass is 266 g/mol. The lowest BCUT2D eigenvalue weighted by atomic mass is 9.95. The Kier molecular flexibility index (Phi) is 3.34. The number of carboxylic acids is 1. The van der Waals surface area contributed by atoms with E-state index in [4.69, 9.17) is 4.52 Å². The minimum atomic E-state index is -1.22. The van der Waals surface area contributed by atoms with Gasteiger partial charge in [0, 0.05) is 0 Å². The molecule has 2 N–H and O–H groups in total. The summed E-state index contributed by atoms with van der Waals surface area (Å²) in [5, 5.41) is 15.8. The number of nitrogens with one attached hydrogen (secondary N) is 1. The minimum Gasteiger partial charge on any atom is -0.480 e. The van der Waals surface area contributed by atoms with E-state index in [1.54, 1.807) is 13.8 Å². The molecule has 0 aromatic carbocycles. The summed E-state index contributed by atoms with van der Waals surface area (Å²) in [5.74, 6) is -1.01. The highest BCUT2D eigenvalue weighted by Crippen LogP contribution is 2.40. The summed E-state index contributed by atoms with van der Waals surface area (Å²) in [6, 6.07) is 0. The van der Waals surface area contributed by atoms with Crippen LogP contribution in [-0.4, -0.2) is 27.7 Å². The van der Waals surface area contributed by atoms with E-state index in [-0.39, 0.29) is 5.92 Å². The number of rotatable bonds is 5. The van der Waals surface area contributed by atoms with Crippen molar-refractivity contribution in [3.05, 3.63) is 17.0 Å². The fraction of sp³-hybridized carbons (Fsp3) is 0.615. The molecule has 6 heteroatoms. The van der Waals surface area contributed by atoms with E-state index in [0.29, 0.717) is 23.4 Å². The van der Waals surface area contributed by atoms with Crippen molar-refractivity contribution < 1.29 is 19.2 Å². The van der Waals surface area contributed by atoms with Gasteiger partial charge in [0.1, 0.15) is 16.9 Å². The summed E-state index contributed by atoms with van der Waals surface area (Å²) in [6.07, 6.45) is 2.21. The molecule has 2 rings (SSSR count). The molecule has 0 bridgehead atoms. The molecule has 0 radical (unpaired) electrons. The normalized spacial score (nSPS) is 17.8. The van der Waals surface area contributed by atoms with Gasteiger partial charge >= 0.3 is 5.97 Å². The minimum absolute atomic E-state index is 0.000747. The third kappa shape index (κ3) is 2.34. The van der Waals surface area contributed by atoms with Crippen LogP contribution in [0.3, 0.4) is 0 Å². The lowest BCUT2D eigenvalue weighted by Gasteiger charge is -2.26. The average molecular weight is 266 g/mol. The topological polar surface area (TPSA) is 92.4 Å². The Bertz CT molecular complexity index is 519. The highest BCUT2D eigenvalue weighted by molar-refractivity contribution is 5.99. The number of aromatic nitrogens is 1. The van der Waals surface area contributed by atoms with Crippen LogP contribution < -0.4 is 5.32 Å². The van der Waals surface area contributed by atoms with Gasteiger partial charge in [0.25, 0.3) is 5.91 Å². The van der Waals surface area contributed by atoms with E-state index in [2.05, 4.69) is 10.5 Å². The predicted octanol–water partition coefficient (Wildman–Crippen LogP) is 1.53. The molecule has 1 aliphatic carbocycles. The number of amides is 1. The molecule has 1 aliphatic rings. The van der Waals surface area contributed by atoms with Gasteiger partial charge in [0.2, 0.25) is 0 Å². The molecule has 0 spiro atoms. The number of hydrogen-bond donors (Lipinski definition) is 2. The Morgan fingerprint density at radius 3 is 2.63 bits per heavy atom. The molecule has 0 aliphatic heterocycles. The van der Waals surface area contributed by atoms with Crippen molar-refractivity contribution in [2.75, 3.05) is 0 Å². The maximum absolute atomic E-state index is 12.3. The van der Waals surface area contributed by atoms with Gasteiger partial charge in [-0.1, -0.05) is 12.1 Å². The van der Waals surface area contributed by atoms with E-state index in [9.17, 15) is 14.7 Å². The van der Waals surface area contributed by atoms with Gasteiger partial charge in [0.05, 0.1) is 5.69 Å². The fourth-order valence-corrected chi connectivity index (χ4v) is 2.24. The van der Waals surface area contributed by atoms with E-state index in [1.807, 2.05) is 6.92 Å². The molecule has 1 amide bonds. The van der Waals surface area contributed by atoms with Crippen LogP contribution in [0.1, 0.15) is 48.5 Å². The van der Waals surface area contributed by atoms with Crippen molar-refractivity contribution in [1.82, 2.24) is 10.5 Å². The Morgan fingerprint density at radius 2 is 2.16 bits per heavy atom. The molecule has 1 saturated carbocycles. The number of carbonyl (C=O) groups is 2. The van der Waals surface area contributed by atoms with Crippen LogP contribution in [0.2, 0.25) is 0 Å². The Morgan fingerprint density at radius 1 is 1.53 bits per heavy atom. The second-order valence-corrected chi connectivity index (χ2v) is 5.15. The van der Waals surface area contributed by atoms with Gasteiger partial charge in [-0.25, -0.2) is 4.79 Å². The first-order valence-corrected chi connectivity index (χ1v) is 6.41. The summed E-state index contributed by atoms with van der Waals surface area (Å²) in [7, 11) is 0. The highest BCUT2D eigenvalue weighted by atomic mass is 16.5. The number of carboxylic acid groups (broad SMARTS) is 1. The molecule has 104 valence electrons. The highest BCUT2D eigenvalue weighted by Gasteiger charge is 2.49. The molecule has 1 aromatic heterocycles. The molecule has 0 saturated heterocycles. The van der Waals surface area contributed by atoms with Crippen LogP contribution in [0.15, 0.2) is 4.52 Å². The van der Waals surface area contributed by atoms with Crippen molar-refractivity contribution in [3.8, 4) is 0 Å².